The average Bonchev–Trinajstić information content (AvgIpc) is 2.37. The molecule has 1 rings (SSSR count). The lowest BCUT2D eigenvalue weighted by atomic mass is 9.93. The Bertz CT molecular complexity index is 249. The Morgan fingerprint density at radius 1 is 1.44 bits per heavy atom. The Labute approximate surface area is 111 Å². The van der Waals surface area contributed by atoms with Crippen molar-refractivity contribution in [3.05, 3.63) is 0 Å². The number of nitrogens with zero attached hydrogens (tertiary/aromatic N) is 2. The zero-order valence-corrected chi connectivity index (χ0v) is 12.2. The third-order valence-corrected chi connectivity index (χ3v) is 4.06. The lowest BCUT2D eigenvalue weighted by Gasteiger charge is -2.30. The van der Waals surface area contributed by atoms with Crippen LogP contribution in [-0.2, 0) is 4.79 Å². The molecule has 4 heteroatoms. The number of amides is 1. The minimum Gasteiger partial charge on any atom is -0.346 e. The van der Waals surface area contributed by atoms with Gasteiger partial charge >= 0.3 is 0 Å². The molecule has 0 aliphatic carbocycles. The van der Waals surface area contributed by atoms with Crippen LogP contribution in [0.2, 0.25) is 0 Å². The van der Waals surface area contributed by atoms with E-state index in [4.69, 9.17) is 5.73 Å². The standard InChI is InChI=1S/C14H29N3O/c1-12(11-15)10-14(18)17(3)9-6-13-4-7-16(2)8-5-13/h12-13H,4-11,15H2,1-3H3. The molecule has 0 aromatic rings. The van der Waals surface area contributed by atoms with Crippen molar-refractivity contribution in [2.24, 2.45) is 17.6 Å². The maximum Gasteiger partial charge on any atom is 0.222 e. The van der Waals surface area contributed by atoms with Crippen LogP contribution in [0.15, 0.2) is 0 Å². The van der Waals surface area contributed by atoms with E-state index in [0.29, 0.717) is 18.9 Å². The van der Waals surface area contributed by atoms with E-state index in [2.05, 4.69) is 11.9 Å². The van der Waals surface area contributed by atoms with Gasteiger partial charge in [-0.15, -0.1) is 0 Å². The molecule has 0 aromatic carbocycles. The molecule has 1 amide bonds. The van der Waals surface area contributed by atoms with Crippen LogP contribution in [0.25, 0.3) is 0 Å². The Morgan fingerprint density at radius 2 is 2.06 bits per heavy atom. The van der Waals surface area contributed by atoms with E-state index in [1.807, 2.05) is 18.9 Å². The monoisotopic (exact) mass is 255 g/mol. The number of nitrogens with two attached hydrogens (primary N) is 1. The van der Waals surface area contributed by atoms with E-state index in [0.717, 1.165) is 18.9 Å². The molecule has 1 saturated heterocycles. The van der Waals surface area contributed by atoms with Crippen LogP contribution in [-0.4, -0.2) is 56.0 Å². The van der Waals surface area contributed by atoms with Crippen molar-refractivity contribution in [3.63, 3.8) is 0 Å². The normalized spacial score (nSPS) is 19.8. The second-order valence-electron chi connectivity index (χ2n) is 5.90. The van der Waals surface area contributed by atoms with Gasteiger partial charge in [0, 0.05) is 20.0 Å². The maximum atomic E-state index is 11.9. The zero-order chi connectivity index (χ0) is 13.5. The van der Waals surface area contributed by atoms with Crippen molar-refractivity contribution in [1.29, 1.82) is 0 Å². The van der Waals surface area contributed by atoms with Crippen LogP contribution in [0.5, 0.6) is 0 Å². The first-order valence-corrected chi connectivity index (χ1v) is 7.15. The van der Waals surface area contributed by atoms with E-state index in [-0.39, 0.29) is 5.91 Å². The average molecular weight is 255 g/mol. The summed E-state index contributed by atoms with van der Waals surface area (Å²) in [5, 5.41) is 0. The molecule has 1 aliphatic rings. The fourth-order valence-corrected chi connectivity index (χ4v) is 2.39. The largest absolute Gasteiger partial charge is 0.346 e. The number of hydrogen-bond acceptors (Lipinski definition) is 3. The molecule has 2 N–H and O–H groups in total. The highest BCUT2D eigenvalue weighted by molar-refractivity contribution is 5.76. The summed E-state index contributed by atoms with van der Waals surface area (Å²) < 4.78 is 0. The Hall–Kier alpha value is -0.610. The molecule has 106 valence electrons. The predicted molar refractivity (Wildman–Crippen MR) is 75.3 cm³/mol. The fourth-order valence-electron chi connectivity index (χ4n) is 2.39. The minimum absolute atomic E-state index is 0.237. The molecule has 1 fully saturated rings. The second kappa shape index (κ2) is 7.74. The first-order valence-electron chi connectivity index (χ1n) is 7.15. The maximum absolute atomic E-state index is 11.9. The van der Waals surface area contributed by atoms with Crippen molar-refractivity contribution in [2.45, 2.75) is 32.6 Å². The molecule has 0 spiro atoms. The lowest BCUT2D eigenvalue weighted by molar-refractivity contribution is -0.130. The molecule has 0 aromatic heterocycles. The van der Waals surface area contributed by atoms with E-state index >= 15 is 0 Å². The summed E-state index contributed by atoms with van der Waals surface area (Å²) in [6.07, 6.45) is 4.28. The van der Waals surface area contributed by atoms with Gasteiger partial charge in [0.25, 0.3) is 0 Å². The van der Waals surface area contributed by atoms with Crippen LogP contribution in [0.3, 0.4) is 0 Å². The molecular formula is C14H29N3O. The van der Waals surface area contributed by atoms with E-state index < -0.39 is 0 Å². The predicted octanol–water partition coefficient (Wildman–Crippen LogP) is 1.16. The van der Waals surface area contributed by atoms with Crippen LogP contribution < -0.4 is 5.73 Å². The molecule has 1 atom stereocenters. The molecule has 0 bridgehead atoms. The van der Waals surface area contributed by atoms with Crippen molar-refractivity contribution in [3.8, 4) is 0 Å². The minimum atomic E-state index is 0.237. The number of rotatable bonds is 6. The molecule has 1 unspecified atom stereocenters. The summed E-state index contributed by atoms with van der Waals surface area (Å²) in [7, 11) is 4.10. The van der Waals surface area contributed by atoms with Gasteiger partial charge < -0.3 is 15.5 Å². The number of hydrogen-bond donors (Lipinski definition) is 1. The van der Waals surface area contributed by atoms with Crippen LogP contribution in [0, 0.1) is 11.8 Å². The number of carbonyl (C=O) groups excluding carboxylic acids is 1. The van der Waals surface area contributed by atoms with Gasteiger partial charge in [-0.25, -0.2) is 0 Å². The Morgan fingerprint density at radius 3 is 2.61 bits per heavy atom. The highest BCUT2D eigenvalue weighted by Gasteiger charge is 2.18. The first kappa shape index (κ1) is 15.4. The highest BCUT2D eigenvalue weighted by Crippen LogP contribution is 2.19. The van der Waals surface area contributed by atoms with Crippen molar-refractivity contribution in [2.75, 3.05) is 40.3 Å². The van der Waals surface area contributed by atoms with Gasteiger partial charge in [0.2, 0.25) is 5.91 Å². The summed E-state index contributed by atoms with van der Waals surface area (Å²) in [6.45, 7) is 5.92. The van der Waals surface area contributed by atoms with Crippen LogP contribution in [0.4, 0.5) is 0 Å². The van der Waals surface area contributed by atoms with Crippen LogP contribution >= 0.6 is 0 Å². The van der Waals surface area contributed by atoms with E-state index in [9.17, 15) is 4.79 Å². The molecule has 0 saturated carbocycles. The van der Waals surface area contributed by atoms with Gasteiger partial charge in [-0.05, 0) is 57.8 Å². The highest BCUT2D eigenvalue weighted by atomic mass is 16.2. The number of piperidine rings is 1. The third-order valence-electron chi connectivity index (χ3n) is 4.06. The van der Waals surface area contributed by atoms with Gasteiger partial charge in [0.05, 0.1) is 0 Å². The van der Waals surface area contributed by atoms with Crippen molar-refractivity contribution in [1.82, 2.24) is 9.80 Å². The van der Waals surface area contributed by atoms with Gasteiger partial charge in [0.15, 0.2) is 0 Å². The number of likely N-dealkylation sites (tertiary alicyclic amines) is 1. The van der Waals surface area contributed by atoms with E-state index in [1.54, 1.807) is 0 Å². The quantitative estimate of drug-likeness (QED) is 0.775. The smallest absolute Gasteiger partial charge is 0.222 e. The van der Waals surface area contributed by atoms with Gasteiger partial charge in [-0.1, -0.05) is 6.92 Å². The lowest BCUT2D eigenvalue weighted by Crippen LogP contribution is -2.34. The molecule has 18 heavy (non-hydrogen) atoms. The van der Waals surface area contributed by atoms with Gasteiger partial charge in [0.1, 0.15) is 0 Å². The van der Waals surface area contributed by atoms with Gasteiger partial charge in [-0.3, -0.25) is 4.79 Å². The summed E-state index contributed by atoms with van der Waals surface area (Å²) in [5.41, 5.74) is 5.55. The molecule has 0 radical (unpaired) electrons. The zero-order valence-electron chi connectivity index (χ0n) is 12.2. The molecule has 1 aliphatic heterocycles. The topological polar surface area (TPSA) is 49.6 Å². The van der Waals surface area contributed by atoms with Crippen molar-refractivity contribution >= 4 is 5.91 Å². The first-order chi connectivity index (χ1) is 8.52. The van der Waals surface area contributed by atoms with E-state index in [1.165, 1.54) is 25.9 Å². The molecular weight excluding hydrogens is 226 g/mol. The number of carbonyl (C=O) groups is 1. The SMILES string of the molecule is CC(CN)CC(=O)N(C)CCC1CCN(C)CC1. The van der Waals surface area contributed by atoms with Crippen molar-refractivity contribution < 1.29 is 4.79 Å². The fraction of sp³-hybridized carbons (Fsp3) is 0.929. The Balaban J connectivity index is 2.19. The third kappa shape index (κ3) is 5.36. The van der Waals surface area contributed by atoms with Gasteiger partial charge in [-0.2, -0.15) is 0 Å². The van der Waals surface area contributed by atoms with Crippen LogP contribution in [0.1, 0.15) is 32.6 Å². The molecule has 1 heterocycles. The summed E-state index contributed by atoms with van der Waals surface area (Å²) in [5.74, 6) is 1.33. The molecule has 4 nitrogen and oxygen atoms in total. The summed E-state index contributed by atoms with van der Waals surface area (Å²) in [6, 6.07) is 0. The summed E-state index contributed by atoms with van der Waals surface area (Å²) in [4.78, 5) is 16.2. The second-order valence-corrected chi connectivity index (χ2v) is 5.90. The Kier molecular flexibility index (Phi) is 6.65. The summed E-state index contributed by atoms with van der Waals surface area (Å²) >= 11 is 0.